The molecular formula is C38H45NO12. The minimum Gasteiger partial charge on any atom is -0.444 e. The molecule has 3 fully saturated rings. The summed E-state index contributed by atoms with van der Waals surface area (Å²) >= 11 is 0. The first-order valence-corrected chi connectivity index (χ1v) is 17.1. The Morgan fingerprint density at radius 2 is 1.18 bits per heavy atom. The van der Waals surface area contributed by atoms with Crippen LogP contribution in [0.25, 0.3) is 11.1 Å². The topological polar surface area (TPSA) is 210 Å². The van der Waals surface area contributed by atoms with E-state index < -0.39 is 91.4 Å². The van der Waals surface area contributed by atoms with Crippen molar-refractivity contribution < 1.29 is 59.9 Å². The maximum atomic E-state index is 13.0. The number of ether oxygens (including phenoxy) is 3. The molecule has 0 radical (unpaired) electrons. The number of nitrogens with zero attached hydrogens (tertiary/aromatic N) is 1. The fraction of sp³-hybridized carbons (Fsp3) is 0.553. The molecule has 8 N–H and O–H groups in total. The van der Waals surface area contributed by atoms with Crippen LogP contribution in [0.2, 0.25) is 0 Å². The van der Waals surface area contributed by atoms with Crippen LogP contribution in [0.15, 0.2) is 36.4 Å². The second kappa shape index (κ2) is 14.5. The fourth-order valence-corrected chi connectivity index (χ4v) is 7.34. The van der Waals surface area contributed by atoms with Crippen molar-refractivity contribution in [1.82, 2.24) is 4.90 Å². The summed E-state index contributed by atoms with van der Waals surface area (Å²) in [5.74, 6) is 11.8. The van der Waals surface area contributed by atoms with Gasteiger partial charge < -0.3 is 60.0 Å². The number of piperidine rings is 1. The molecule has 274 valence electrons. The monoisotopic (exact) mass is 707 g/mol. The summed E-state index contributed by atoms with van der Waals surface area (Å²) in [6, 6.07) is 11.5. The van der Waals surface area contributed by atoms with E-state index in [1.165, 1.54) is 0 Å². The second-order valence-corrected chi connectivity index (χ2v) is 14.6. The van der Waals surface area contributed by atoms with E-state index in [1.807, 2.05) is 57.2 Å². The zero-order valence-electron chi connectivity index (χ0n) is 28.6. The number of carbonyl (C=O) groups excluding carboxylic acids is 1. The third-order valence-electron chi connectivity index (χ3n) is 10.1. The van der Waals surface area contributed by atoms with Gasteiger partial charge in [0.05, 0.1) is 13.2 Å². The normalized spacial score (nSPS) is 32.6. The molecule has 3 saturated heterocycles. The Balaban J connectivity index is 1.34. The van der Waals surface area contributed by atoms with E-state index in [9.17, 15) is 45.6 Å². The van der Waals surface area contributed by atoms with Gasteiger partial charge in [-0.2, -0.15) is 0 Å². The van der Waals surface area contributed by atoms with Crippen LogP contribution >= 0.6 is 0 Å². The lowest BCUT2D eigenvalue weighted by atomic mass is 9.70. The van der Waals surface area contributed by atoms with Gasteiger partial charge in [0, 0.05) is 29.6 Å². The van der Waals surface area contributed by atoms with E-state index in [2.05, 4.69) is 23.7 Å². The first-order chi connectivity index (χ1) is 24.2. The average molecular weight is 708 g/mol. The van der Waals surface area contributed by atoms with E-state index in [0.29, 0.717) is 37.1 Å². The number of aliphatic hydroxyl groups excluding tert-OH is 8. The largest absolute Gasteiger partial charge is 0.444 e. The Labute approximate surface area is 296 Å². The van der Waals surface area contributed by atoms with Crippen molar-refractivity contribution in [3.63, 3.8) is 0 Å². The van der Waals surface area contributed by atoms with Gasteiger partial charge in [0.25, 0.3) is 0 Å². The van der Waals surface area contributed by atoms with Crippen LogP contribution in [-0.4, -0.2) is 145 Å². The molecule has 0 unspecified atom stereocenters. The Morgan fingerprint density at radius 3 is 1.57 bits per heavy atom. The van der Waals surface area contributed by atoms with Crippen LogP contribution < -0.4 is 0 Å². The van der Waals surface area contributed by atoms with Crippen LogP contribution in [0.3, 0.4) is 0 Å². The van der Waals surface area contributed by atoms with Gasteiger partial charge in [-0.25, -0.2) is 4.79 Å². The predicted octanol–water partition coefficient (Wildman–Crippen LogP) is -0.628. The van der Waals surface area contributed by atoms with E-state index >= 15 is 0 Å². The van der Waals surface area contributed by atoms with Gasteiger partial charge in [-0.05, 0) is 80.1 Å². The molecule has 2 aromatic carbocycles. The molecule has 3 heterocycles. The molecule has 51 heavy (non-hydrogen) atoms. The quantitative estimate of drug-likeness (QED) is 0.184. The zero-order chi connectivity index (χ0) is 36.8. The van der Waals surface area contributed by atoms with Gasteiger partial charge in [0.15, 0.2) is 0 Å². The van der Waals surface area contributed by atoms with Crippen LogP contribution in [0, 0.1) is 23.7 Å². The highest BCUT2D eigenvalue weighted by Crippen LogP contribution is 2.54. The van der Waals surface area contributed by atoms with Crippen molar-refractivity contribution >= 4 is 6.09 Å². The maximum absolute atomic E-state index is 13.0. The van der Waals surface area contributed by atoms with Crippen molar-refractivity contribution in [3.8, 4) is 34.8 Å². The number of likely N-dealkylation sites (tertiary alicyclic amines) is 1. The fourth-order valence-electron chi connectivity index (χ4n) is 7.34. The average Bonchev–Trinajstić information content (AvgIpc) is 3.36. The molecule has 3 aliphatic heterocycles. The van der Waals surface area contributed by atoms with Gasteiger partial charge in [0.1, 0.15) is 66.6 Å². The molecular weight excluding hydrogens is 662 g/mol. The van der Waals surface area contributed by atoms with Crippen molar-refractivity contribution in [2.45, 2.75) is 106 Å². The van der Waals surface area contributed by atoms with Crippen molar-refractivity contribution in [1.29, 1.82) is 0 Å². The number of fused-ring (bicyclic) bond motifs is 5. The summed E-state index contributed by atoms with van der Waals surface area (Å²) in [6.07, 6.45) is -12.8. The van der Waals surface area contributed by atoms with Gasteiger partial charge in [-0.1, -0.05) is 35.8 Å². The summed E-state index contributed by atoms with van der Waals surface area (Å²) in [7, 11) is 0. The second-order valence-electron chi connectivity index (χ2n) is 14.6. The molecule has 13 heteroatoms. The molecule has 1 aliphatic carbocycles. The maximum Gasteiger partial charge on any atom is 0.410 e. The highest BCUT2D eigenvalue weighted by atomic mass is 16.6. The minimum atomic E-state index is -1.54. The molecule has 1 amide bonds. The molecule has 0 aromatic heterocycles. The van der Waals surface area contributed by atoms with Gasteiger partial charge in [0.2, 0.25) is 0 Å². The van der Waals surface area contributed by atoms with Crippen LogP contribution in [0.5, 0.6) is 0 Å². The standard InChI is InChI=1S/C38H45NO12/c1-37(2,3)51-36(48)39-14-12-38(13-15-39)24-16-20(6-10-26-30(42)34(46)32(44)28(18-40)49-26)4-8-22(24)23-9-5-21(17-25(23)38)7-11-27-31(43)35(47)33(45)29(19-41)50-27/h4-5,8-9,16-17,26-35,40-47H,12-15,18-19H2,1-3H3/t26-,27-,28-,29-,30-,31-,32-,33-,34-,35-/m1/s1. The van der Waals surface area contributed by atoms with Gasteiger partial charge in [-0.3, -0.25) is 0 Å². The first-order valence-electron chi connectivity index (χ1n) is 17.1. The lowest BCUT2D eigenvalue weighted by Crippen LogP contribution is -2.58. The van der Waals surface area contributed by atoms with E-state index in [-0.39, 0.29) is 0 Å². The van der Waals surface area contributed by atoms with Crippen molar-refractivity contribution in [3.05, 3.63) is 58.7 Å². The summed E-state index contributed by atoms with van der Waals surface area (Å²) in [4.78, 5) is 14.7. The number of benzene rings is 2. The molecule has 2 aromatic rings. The van der Waals surface area contributed by atoms with Gasteiger partial charge >= 0.3 is 6.09 Å². The number of rotatable bonds is 2. The van der Waals surface area contributed by atoms with Gasteiger partial charge in [-0.15, -0.1) is 0 Å². The Morgan fingerprint density at radius 1 is 0.745 bits per heavy atom. The number of hydrogen-bond acceptors (Lipinski definition) is 12. The molecule has 1 spiro atoms. The smallest absolute Gasteiger partial charge is 0.410 e. The lowest BCUT2D eigenvalue weighted by molar-refractivity contribution is -0.214. The summed E-state index contributed by atoms with van der Waals surface area (Å²) in [5, 5.41) is 80.9. The lowest BCUT2D eigenvalue weighted by Gasteiger charge is -2.41. The van der Waals surface area contributed by atoms with Crippen molar-refractivity contribution in [2.75, 3.05) is 26.3 Å². The molecule has 4 aliphatic rings. The van der Waals surface area contributed by atoms with Crippen LogP contribution in [0.4, 0.5) is 4.79 Å². The molecule has 0 saturated carbocycles. The number of amides is 1. The van der Waals surface area contributed by atoms with Crippen molar-refractivity contribution in [2.24, 2.45) is 0 Å². The summed E-state index contributed by atoms with van der Waals surface area (Å²) in [5.41, 5.74) is 3.93. The van der Waals surface area contributed by atoms with E-state index in [4.69, 9.17) is 14.2 Å². The molecule has 13 nitrogen and oxygen atoms in total. The Kier molecular flexibility index (Phi) is 10.5. The highest BCUT2D eigenvalue weighted by molar-refractivity contribution is 5.83. The SMILES string of the molecule is CC(C)(C)OC(=O)N1CCC2(CC1)c1cc(C#C[C@H]3O[C@H](CO)[C@@H](O)[C@H](O)[C@@H]3O)ccc1-c1ccc(C#C[C@H]3O[C@H](CO)[C@@H](O)[C@H](O)[C@@H]3O)cc12. The Hall–Kier alpha value is -3.57. The predicted molar refractivity (Wildman–Crippen MR) is 181 cm³/mol. The third kappa shape index (κ3) is 7.12. The van der Waals surface area contributed by atoms with Crippen LogP contribution in [-0.2, 0) is 19.6 Å². The minimum absolute atomic E-state index is 0.394. The highest BCUT2D eigenvalue weighted by Gasteiger charge is 2.47. The number of hydrogen-bond donors (Lipinski definition) is 8. The Bertz CT molecular complexity index is 1630. The molecule has 6 rings (SSSR count). The first kappa shape index (κ1) is 37.2. The molecule has 0 bridgehead atoms. The zero-order valence-corrected chi connectivity index (χ0v) is 28.6. The molecule has 10 atom stereocenters. The third-order valence-corrected chi connectivity index (χ3v) is 10.1. The summed E-state index contributed by atoms with van der Waals surface area (Å²) in [6.45, 7) is 5.16. The van der Waals surface area contributed by atoms with E-state index in [1.54, 1.807) is 4.90 Å². The van der Waals surface area contributed by atoms with E-state index in [0.717, 1.165) is 22.3 Å². The number of aliphatic hydroxyl groups is 8. The number of carbonyl (C=O) groups is 1. The summed E-state index contributed by atoms with van der Waals surface area (Å²) < 4.78 is 16.8. The van der Waals surface area contributed by atoms with Crippen LogP contribution in [0.1, 0.15) is 55.9 Å².